The fourth-order valence-corrected chi connectivity index (χ4v) is 4.90. The third-order valence-corrected chi connectivity index (χ3v) is 6.52. The third-order valence-electron chi connectivity index (χ3n) is 5.65. The molecule has 1 aliphatic carbocycles. The number of hydrogen-bond donors (Lipinski definition) is 1. The summed E-state index contributed by atoms with van der Waals surface area (Å²) < 4.78 is 12.7. The summed E-state index contributed by atoms with van der Waals surface area (Å²) in [5, 5.41) is 8.76. The first-order valence-electron chi connectivity index (χ1n) is 10.4. The molecule has 0 fully saturated rings. The zero-order chi connectivity index (χ0) is 22.1. The van der Waals surface area contributed by atoms with Crippen LogP contribution in [-0.2, 0) is 10.5 Å². The van der Waals surface area contributed by atoms with E-state index in [1.54, 1.807) is 20.4 Å². The van der Waals surface area contributed by atoms with Crippen LogP contribution in [-0.4, -0.2) is 39.8 Å². The predicted octanol–water partition coefficient (Wildman–Crippen LogP) is 4.00. The van der Waals surface area contributed by atoms with Crippen molar-refractivity contribution in [2.24, 2.45) is 0 Å². The van der Waals surface area contributed by atoms with Gasteiger partial charge in [0.15, 0.2) is 17.3 Å². The van der Waals surface area contributed by atoms with Crippen molar-refractivity contribution in [3.63, 3.8) is 0 Å². The van der Waals surface area contributed by atoms with E-state index in [2.05, 4.69) is 10.3 Å². The van der Waals surface area contributed by atoms with Crippen LogP contribution in [0.3, 0.4) is 0 Å². The summed E-state index contributed by atoms with van der Waals surface area (Å²) >= 11 is 1.52. The summed E-state index contributed by atoms with van der Waals surface area (Å²) in [5.74, 6) is 2.70. The highest BCUT2D eigenvalue weighted by Gasteiger charge is 2.37. The van der Waals surface area contributed by atoms with Crippen LogP contribution < -0.4 is 14.8 Å². The molecule has 0 saturated carbocycles. The van der Waals surface area contributed by atoms with Crippen LogP contribution in [0, 0.1) is 0 Å². The minimum atomic E-state index is -0.370. The van der Waals surface area contributed by atoms with Crippen molar-refractivity contribution in [2.45, 2.75) is 36.2 Å². The predicted molar refractivity (Wildman–Crippen MR) is 121 cm³/mol. The van der Waals surface area contributed by atoms with Crippen molar-refractivity contribution in [1.82, 2.24) is 19.7 Å². The SMILES string of the molecule is COc1ccc(C2C3=C(CCCC3=O)Nc3nc(SCc4ccccn4)nn32)cc1OC. The summed E-state index contributed by atoms with van der Waals surface area (Å²) in [4.78, 5) is 22.1. The number of aromatic nitrogens is 4. The molecule has 0 spiro atoms. The molecular weight excluding hydrogens is 426 g/mol. The highest BCUT2D eigenvalue weighted by Crippen LogP contribution is 2.42. The van der Waals surface area contributed by atoms with Gasteiger partial charge in [0.05, 0.1) is 19.9 Å². The molecule has 1 unspecified atom stereocenters. The monoisotopic (exact) mass is 449 g/mol. The molecule has 1 aliphatic heterocycles. The van der Waals surface area contributed by atoms with E-state index in [1.807, 2.05) is 41.1 Å². The Hall–Kier alpha value is -3.33. The number of carbonyl (C=O) groups excluding carboxylic acids is 1. The van der Waals surface area contributed by atoms with Crippen molar-refractivity contribution in [2.75, 3.05) is 19.5 Å². The molecule has 3 aromatic rings. The van der Waals surface area contributed by atoms with E-state index in [-0.39, 0.29) is 11.8 Å². The summed E-state index contributed by atoms with van der Waals surface area (Å²) in [6.45, 7) is 0. The van der Waals surface area contributed by atoms with E-state index in [9.17, 15) is 4.79 Å². The maximum atomic E-state index is 13.0. The summed E-state index contributed by atoms with van der Waals surface area (Å²) in [6.07, 6.45) is 3.96. The fourth-order valence-electron chi connectivity index (χ4n) is 4.15. The number of anilines is 1. The first-order chi connectivity index (χ1) is 15.7. The number of pyridine rings is 1. The van der Waals surface area contributed by atoms with Gasteiger partial charge in [-0.15, -0.1) is 5.10 Å². The lowest BCUT2D eigenvalue weighted by Crippen LogP contribution is -2.31. The van der Waals surface area contributed by atoms with Gasteiger partial charge in [-0.25, -0.2) is 4.68 Å². The number of methoxy groups -OCH3 is 2. The van der Waals surface area contributed by atoms with Crippen molar-refractivity contribution in [1.29, 1.82) is 0 Å². The minimum absolute atomic E-state index is 0.141. The number of nitrogens with one attached hydrogen (secondary N) is 1. The number of ether oxygens (including phenoxy) is 2. The Morgan fingerprint density at radius 3 is 2.81 bits per heavy atom. The minimum Gasteiger partial charge on any atom is -0.493 e. The second-order valence-corrected chi connectivity index (χ2v) is 8.53. The third kappa shape index (κ3) is 3.73. The summed E-state index contributed by atoms with van der Waals surface area (Å²) in [7, 11) is 3.21. The van der Waals surface area contributed by atoms with Crippen LogP contribution in [0.4, 0.5) is 5.95 Å². The Labute approximate surface area is 190 Å². The quantitative estimate of drug-likeness (QED) is 0.565. The van der Waals surface area contributed by atoms with Gasteiger partial charge >= 0.3 is 0 Å². The lowest BCUT2D eigenvalue weighted by atomic mass is 9.85. The van der Waals surface area contributed by atoms with E-state index in [4.69, 9.17) is 19.6 Å². The lowest BCUT2D eigenvalue weighted by molar-refractivity contribution is -0.116. The van der Waals surface area contributed by atoms with Crippen LogP contribution in [0.15, 0.2) is 59.0 Å². The number of rotatable bonds is 6. The van der Waals surface area contributed by atoms with Crippen LogP contribution in [0.2, 0.25) is 0 Å². The maximum absolute atomic E-state index is 13.0. The highest BCUT2D eigenvalue weighted by molar-refractivity contribution is 7.98. The molecule has 0 amide bonds. The molecule has 8 nitrogen and oxygen atoms in total. The number of allylic oxidation sites excluding steroid dienone is 2. The first-order valence-corrected chi connectivity index (χ1v) is 11.4. The van der Waals surface area contributed by atoms with Gasteiger partial charge in [0.1, 0.15) is 6.04 Å². The number of hydrogen-bond acceptors (Lipinski definition) is 8. The Morgan fingerprint density at radius 1 is 1.16 bits per heavy atom. The van der Waals surface area contributed by atoms with Gasteiger partial charge in [0.25, 0.3) is 0 Å². The molecule has 164 valence electrons. The highest BCUT2D eigenvalue weighted by atomic mass is 32.2. The number of carbonyl (C=O) groups is 1. The van der Waals surface area contributed by atoms with E-state index >= 15 is 0 Å². The normalized spacial score (nSPS) is 17.4. The van der Waals surface area contributed by atoms with Gasteiger partial charge in [-0.2, -0.15) is 4.98 Å². The summed E-state index contributed by atoms with van der Waals surface area (Å²) in [6, 6.07) is 11.2. The maximum Gasteiger partial charge on any atom is 0.227 e. The van der Waals surface area contributed by atoms with Crippen molar-refractivity contribution >= 4 is 23.5 Å². The number of fused-ring (bicyclic) bond motifs is 1. The van der Waals surface area contributed by atoms with Crippen molar-refractivity contribution in [3.05, 3.63) is 65.1 Å². The summed E-state index contributed by atoms with van der Waals surface area (Å²) in [5.41, 5.74) is 3.55. The molecule has 1 atom stereocenters. The van der Waals surface area contributed by atoms with Gasteiger partial charge in [-0.1, -0.05) is 23.9 Å². The largest absolute Gasteiger partial charge is 0.493 e. The Morgan fingerprint density at radius 2 is 2.03 bits per heavy atom. The number of ketones is 1. The van der Waals surface area contributed by atoms with Crippen molar-refractivity contribution in [3.8, 4) is 11.5 Å². The van der Waals surface area contributed by atoms with Crippen LogP contribution >= 0.6 is 11.8 Å². The molecule has 0 saturated heterocycles. The zero-order valence-corrected chi connectivity index (χ0v) is 18.7. The fraction of sp³-hybridized carbons (Fsp3) is 0.304. The molecule has 5 rings (SSSR count). The molecule has 0 bridgehead atoms. The van der Waals surface area contributed by atoms with E-state index in [0.717, 1.165) is 35.4 Å². The van der Waals surface area contributed by atoms with Crippen molar-refractivity contribution < 1.29 is 14.3 Å². The average molecular weight is 450 g/mol. The molecule has 2 aromatic heterocycles. The molecule has 1 N–H and O–H groups in total. The Kier molecular flexibility index (Phi) is 5.57. The number of Topliss-reactive ketones (excluding diaryl/α,β-unsaturated/α-hetero) is 1. The molecule has 9 heteroatoms. The molecule has 2 aliphatic rings. The van der Waals surface area contributed by atoms with Gasteiger partial charge in [0, 0.05) is 29.6 Å². The Bertz CT molecular complexity index is 1190. The standard InChI is InChI=1S/C23H23N5O3S/c1-30-18-10-9-14(12-19(18)31-2)21-20-16(7-5-8-17(20)29)25-22-26-23(27-28(21)22)32-13-15-6-3-4-11-24-15/h3-4,6,9-12,21H,5,7-8,13H2,1-2H3,(H,25,26,27). The molecule has 1 aromatic carbocycles. The van der Waals surface area contributed by atoms with Gasteiger partial charge in [-0.05, 0) is 42.7 Å². The van der Waals surface area contributed by atoms with E-state index in [0.29, 0.717) is 34.8 Å². The van der Waals surface area contributed by atoms with Crippen LogP contribution in [0.5, 0.6) is 11.5 Å². The average Bonchev–Trinajstić information content (AvgIpc) is 3.24. The molecule has 32 heavy (non-hydrogen) atoms. The number of benzene rings is 1. The number of thioether (sulfide) groups is 1. The molecule has 3 heterocycles. The van der Waals surface area contributed by atoms with Gasteiger partial charge < -0.3 is 14.8 Å². The first kappa shape index (κ1) is 20.6. The molecular formula is C23H23N5O3S. The van der Waals surface area contributed by atoms with Crippen LogP contribution in [0.1, 0.15) is 36.6 Å². The lowest BCUT2D eigenvalue weighted by Gasteiger charge is -2.32. The topological polar surface area (TPSA) is 91.2 Å². The smallest absolute Gasteiger partial charge is 0.227 e. The van der Waals surface area contributed by atoms with E-state index < -0.39 is 0 Å². The zero-order valence-electron chi connectivity index (χ0n) is 17.9. The van der Waals surface area contributed by atoms with E-state index in [1.165, 1.54) is 11.8 Å². The second-order valence-electron chi connectivity index (χ2n) is 7.58. The van der Waals surface area contributed by atoms with Gasteiger partial charge in [0.2, 0.25) is 11.1 Å². The van der Waals surface area contributed by atoms with Gasteiger partial charge in [-0.3, -0.25) is 9.78 Å². The second kappa shape index (κ2) is 8.66. The molecule has 0 radical (unpaired) electrons. The Balaban J connectivity index is 1.54. The number of nitrogens with zero attached hydrogens (tertiary/aromatic N) is 4. The van der Waals surface area contributed by atoms with Crippen LogP contribution in [0.25, 0.3) is 0 Å².